The van der Waals surface area contributed by atoms with E-state index in [0.29, 0.717) is 12.1 Å². The molecule has 0 saturated heterocycles. The summed E-state index contributed by atoms with van der Waals surface area (Å²) in [6.45, 7) is 1.63. The molecular weight excluding hydrogens is 192 g/mol. The predicted octanol–water partition coefficient (Wildman–Crippen LogP) is 0.257. The van der Waals surface area contributed by atoms with Crippen molar-refractivity contribution < 1.29 is 9.90 Å². The molecule has 4 nitrogen and oxygen atoms in total. The third-order valence-electron chi connectivity index (χ3n) is 2.05. The summed E-state index contributed by atoms with van der Waals surface area (Å²) in [4.78, 5) is 10.9. The SMILES string of the molecule is NC(=O)c1cccc(CNCCCO)c1. The van der Waals surface area contributed by atoms with Gasteiger partial charge in [0, 0.05) is 18.7 Å². The van der Waals surface area contributed by atoms with Gasteiger partial charge in [0.1, 0.15) is 0 Å². The maximum absolute atomic E-state index is 10.9. The Balaban J connectivity index is 2.47. The number of aliphatic hydroxyl groups is 1. The van der Waals surface area contributed by atoms with Gasteiger partial charge >= 0.3 is 0 Å². The largest absolute Gasteiger partial charge is 0.396 e. The van der Waals surface area contributed by atoms with Crippen molar-refractivity contribution in [3.63, 3.8) is 0 Å². The zero-order valence-corrected chi connectivity index (χ0v) is 8.57. The molecule has 0 bridgehead atoms. The highest BCUT2D eigenvalue weighted by Gasteiger charge is 2.00. The number of aliphatic hydroxyl groups excluding tert-OH is 1. The lowest BCUT2D eigenvalue weighted by atomic mass is 10.1. The molecule has 0 saturated carbocycles. The average molecular weight is 208 g/mol. The van der Waals surface area contributed by atoms with Crippen molar-refractivity contribution in [2.24, 2.45) is 5.73 Å². The van der Waals surface area contributed by atoms with Crippen LogP contribution in [-0.4, -0.2) is 24.2 Å². The number of hydrogen-bond acceptors (Lipinski definition) is 3. The van der Waals surface area contributed by atoms with Gasteiger partial charge < -0.3 is 16.2 Å². The van der Waals surface area contributed by atoms with E-state index in [1.807, 2.05) is 12.1 Å². The van der Waals surface area contributed by atoms with E-state index in [4.69, 9.17) is 10.8 Å². The summed E-state index contributed by atoms with van der Waals surface area (Å²) in [5, 5.41) is 11.7. The van der Waals surface area contributed by atoms with Gasteiger partial charge in [0.25, 0.3) is 0 Å². The van der Waals surface area contributed by atoms with E-state index >= 15 is 0 Å². The summed E-state index contributed by atoms with van der Waals surface area (Å²) < 4.78 is 0. The average Bonchev–Trinajstić information content (AvgIpc) is 2.25. The second-order valence-electron chi connectivity index (χ2n) is 3.32. The van der Waals surface area contributed by atoms with Crippen LogP contribution in [0, 0.1) is 0 Å². The first-order chi connectivity index (χ1) is 7.24. The van der Waals surface area contributed by atoms with Crippen molar-refractivity contribution in [3.05, 3.63) is 35.4 Å². The zero-order valence-electron chi connectivity index (χ0n) is 8.57. The monoisotopic (exact) mass is 208 g/mol. The Morgan fingerprint density at radius 3 is 2.93 bits per heavy atom. The fraction of sp³-hybridized carbons (Fsp3) is 0.364. The Kier molecular flexibility index (Phi) is 4.80. The fourth-order valence-corrected chi connectivity index (χ4v) is 1.27. The molecule has 1 rings (SSSR count). The van der Waals surface area contributed by atoms with Crippen LogP contribution in [0.1, 0.15) is 22.3 Å². The third-order valence-corrected chi connectivity index (χ3v) is 2.05. The number of nitrogens with two attached hydrogens (primary N) is 1. The highest BCUT2D eigenvalue weighted by Crippen LogP contribution is 2.04. The predicted molar refractivity (Wildman–Crippen MR) is 58.4 cm³/mol. The number of amides is 1. The summed E-state index contributed by atoms with van der Waals surface area (Å²) in [5.41, 5.74) is 6.71. The summed E-state index contributed by atoms with van der Waals surface area (Å²) in [6, 6.07) is 7.20. The number of benzene rings is 1. The molecule has 0 aliphatic carbocycles. The molecule has 1 aromatic carbocycles. The molecule has 0 aliphatic rings. The molecular formula is C11H16N2O2. The van der Waals surface area contributed by atoms with Crippen LogP contribution >= 0.6 is 0 Å². The Hall–Kier alpha value is -1.39. The highest BCUT2D eigenvalue weighted by molar-refractivity contribution is 5.92. The number of hydrogen-bond donors (Lipinski definition) is 3. The topological polar surface area (TPSA) is 75.4 Å². The molecule has 0 aromatic heterocycles. The minimum Gasteiger partial charge on any atom is -0.396 e. The third kappa shape index (κ3) is 4.10. The minimum absolute atomic E-state index is 0.189. The van der Waals surface area contributed by atoms with Gasteiger partial charge in [-0.3, -0.25) is 4.79 Å². The van der Waals surface area contributed by atoms with Crippen molar-refractivity contribution in [2.75, 3.05) is 13.2 Å². The van der Waals surface area contributed by atoms with Gasteiger partial charge in [0.2, 0.25) is 5.91 Å². The molecule has 0 heterocycles. The van der Waals surface area contributed by atoms with E-state index < -0.39 is 5.91 Å². The second-order valence-corrected chi connectivity index (χ2v) is 3.32. The van der Waals surface area contributed by atoms with Crippen LogP contribution in [0.25, 0.3) is 0 Å². The molecule has 0 radical (unpaired) electrons. The molecule has 15 heavy (non-hydrogen) atoms. The van der Waals surface area contributed by atoms with Gasteiger partial charge in [-0.05, 0) is 30.7 Å². The van der Waals surface area contributed by atoms with E-state index in [1.54, 1.807) is 12.1 Å². The Bertz CT molecular complexity index is 326. The van der Waals surface area contributed by atoms with Crippen LogP contribution in [0.2, 0.25) is 0 Å². The van der Waals surface area contributed by atoms with E-state index in [2.05, 4.69) is 5.32 Å². The Labute approximate surface area is 89.1 Å². The second kappa shape index (κ2) is 6.16. The van der Waals surface area contributed by atoms with E-state index in [9.17, 15) is 4.79 Å². The molecule has 1 amide bonds. The minimum atomic E-state index is -0.410. The van der Waals surface area contributed by atoms with E-state index in [-0.39, 0.29) is 6.61 Å². The lowest BCUT2D eigenvalue weighted by Crippen LogP contribution is -2.16. The molecule has 0 spiro atoms. The number of rotatable bonds is 6. The molecule has 4 N–H and O–H groups in total. The van der Waals surface area contributed by atoms with Crippen molar-refractivity contribution in [1.29, 1.82) is 0 Å². The van der Waals surface area contributed by atoms with Crippen molar-refractivity contribution in [1.82, 2.24) is 5.32 Å². The van der Waals surface area contributed by atoms with E-state index in [1.165, 1.54) is 0 Å². The maximum Gasteiger partial charge on any atom is 0.248 e. The molecule has 4 heteroatoms. The van der Waals surface area contributed by atoms with Gasteiger partial charge in [-0.15, -0.1) is 0 Å². The number of nitrogens with one attached hydrogen (secondary N) is 1. The lowest BCUT2D eigenvalue weighted by molar-refractivity contribution is 0.1000. The van der Waals surface area contributed by atoms with Crippen LogP contribution in [0.3, 0.4) is 0 Å². The maximum atomic E-state index is 10.9. The summed E-state index contributed by atoms with van der Waals surface area (Å²) in [6.07, 6.45) is 0.732. The first-order valence-electron chi connectivity index (χ1n) is 4.94. The van der Waals surface area contributed by atoms with Crippen LogP contribution in [-0.2, 0) is 6.54 Å². The van der Waals surface area contributed by atoms with Gasteiger partial charge in [-0.1, -0.05) is 12.1 Å². The first-order valence-corrected chi connectivity index (χ1v) is 4.94. The first kappa shape index (κ1) is 11.7. The number of carbonyl (C=O) groups is 1. The molecule has 0 fully saturated rings. The standard InChI is InChI=1S/C11H16N2O2/c12-11(15)10-4-1-3-9(7-10)8-13-5-2-6-14/h1,3-4,7,13-14H,2,5-6,8H2,(H2,12,15). The van der Waals surface area contributed by atoms with Gasteiger partial charge in [-0.2, -0.15) is 0 Å². The van der Waals surface area contributed by atoms with Gasteiger partial charge in [0.15, 0.2) is 0 Å². The van der Waals surface area contributed by atoms with Crippen LogP contribution in [0.5, 0.6) is 0 Å². The summed E-state index contributed by atoms with van der Waals surface area (Å²) >= 11 is 0. The Morgan fingerprint density at radius 2 is 2.27 bits per heavy atom. The number of carbonyl (C=O) groups excluding carboxylic acids is 1. The quantitative estimate of drug-likeness (QED) is 0.587. The molecule has 82 valence electrons. The van der Waals surface area contributed by atoms with Crippen LogP contribution < -0.4 is 11.1 Å². The van der Waals surface area contributed by atoms with Crippen molar-refractivity contribution >= 4 is 5.91 Å². The summed E-state index contributed by atoms with van der Waals surface area (Å²) in [5.74, 6) is -0.410. The molecule has 0 atom stereocenters. The molecule has 0 unspecified atom stereocenters. The number of primary amides is 1. The van der Waals surface area contributed by atoms with E-state index in [0.717, 1.165) is 18.5 Å². The van der Waals surface area contributed by atoms with Gasteiger partial charge in [0.05, 0.1) is 0 Å². The summed E-state index contributed by atoms with van der Waals surface area (Å²) in [7, 11) is 0. The molecule has 0 aliphatic heterocycles. The molecule has 1 aromatic rings. The van der Waals surface area contributed by atoms with Crippen molar-refractivity contribution in [3.8, 4) is 0 Å². The van der Waals surface area contributed by atoms with Crippen LogP contribution in [0.15, 0.2) is 24.3 Å². The highest BCUT2D eigenvalue weighted by atomic mass is 16.3. The lowest BCUT2D eigenvalue weighted by Gasteiger charge is -2.04. The van der Waals surface area contributed by atoms with Crippen molar-refractivity contribution in [2.45, 2.75) is 13.0 Å². The fourth-order valence-electron chi connectivity index (χ4n) is 1.27. The Morgan fingerprint density at radius 1 is 1.47 bits per heavy atom. The smallest absolute Gasteiger partial charge is 0.248 e. The van der Waals surface area contributed by atoms with Gasteiger partial charge in [-0.25, -0.2) is 0 Å². The normalized spacial score (nSPS) is 10.2. The van der Waals surface area contributed by atoms with Crippen LogP contribution in [0.4, 0.5) is 0 Å². The zero-order chi connectivity index (χ0) is 11.1.